The van der Waals surface area contributed by atoms with Crippen molar-refractivity contribution in [2.24, 2.45) is 5.41 Å². The number of ether oxygens (including phenoxy) is 1. The lowest BCUT2D eigenvalue weighted by Crippen LogP contribution is -2.47. The fraction of sp³-hybridized carbons (Fsp3) is 0.450. The maximum absolute atomic E-state index is 12.5. The monoisotopic (exact) mass is 340 g/mol. The van der Waals surface area contributed by atoms with Gasteiger partial charge in [0, 0.05) is 18.6 Å². The van der Waals surface area contributed by atoms with E-state index in [0.717, 1.165) is 16.2 Å². The summed E-state index contributed by atoms with van der Waals surface area (Å²) in [5, 5.41) is 1.84. The first-order chi connectivity index (χ1) is 11.6. The molecule has 4 nitrogen and oxygen atoms in total. The van der Waals surface area contributed by atoms with Crippen LogP contribution < -0.4 is 5.46 Å². The van der Waals surface area contributed by atoms with E-state index < -0.39 is 5.60 Å². The topological polar surface area (TPSA) is 44.8 Å². The number of carbonyl (C=O) groups is 1. The van der Waals surface area contributed by atoms with E-state index in [0.29, 0.717) is 18.8 Å². The average Bonchev–Trinajstić information content (AvgIpc) is 2.52. The maximum Gasteiger partial charge on any atom is 0.493 e. The predicted octanol–water partition coefficient (Wildman–Crippen LogP) is 3.56. The third-order valence-electron chi connectivity index (χ3n) is 4.05. The molecule has 5 heteroatoms. The predicted molar refractivity (Wildman–Crippen MR) is 100 cm³/mol. The molecular formula is C20H25BO4. The highest BCUT2D eigenvalue weighted by molar-refractivity contribution is 6.61. The second-order valence-electron chi connectivity index (χ2n) is 8.41. The Hall–Kier alpha value is -1.85. The summed E-state index contributed by atoms with van der Waals surface area (Å²) in [7, 11) is -0.359. The zero-order valence-electron chi connectivity index (χ0n) is 15.6. The van der Waals surface area contributed by atoms with Gasteiger partial charge in [0.1, 0.15) is 5.60 Å². The highest BCUT2D eigenvalue weighted by atomic mass is 16.6. The van der Waals surface area contributed by atoms with Crippen LogP contribution in [0.2, 0.25) is 0 Å². The van der Waals surface area contributed by atoms with Gasteiger partial charge in [0.15, 0.2) is 0 Å². The molecule has 0 unspecified atom stereocenters. The van der Waals surface area contributed by atoms with Crippen LogP contribution in [-0.2, 0) is 14.0 Å². The third kappa shape index (κ3) is 4.22. The van der Waals surface area contributed by atoms with E-state index in [-0.39, 0.29) is 18.5 Å². The normalized spacial score (nSPS) is 17.6. The lowest BCUT2D eigenvalue weighted by atomic mass is 9.75. The van der Waals surface area contributed by atoms with E-state index in [4.69, 9.17) is 14.0 Å². The van der Waals surface area contributed by atoms with E-state index in [1.54, 1.807) is 6.07 Å². The molecule has 0 atom stereocenters. The van der Waals surface area contributed by atoms with Gasteiger partial charge in [-0.25, -0.2) is 4.79 Å². The van der Waals surface area contributed by atoms with Crippen molar-refractivity contribution in [3.8, 4) is 0 Å². The van der Waals surface area contributed by atoms with Crippen LogP contribution in [0, 0.1) is 5.41 Å². The molecule has 1 saturated heterocycles. The molecule has 25 heavy (non-hydrogen) atoms. The van der Waals surface area contributed by atoms with Gasteiger partial charge in [0.2, 0.25) is 0 Å². The second kappa shape index (κ2) is 6.47. The molecule has 0 aromatic heterocycles. The van der Waals surface area contributed by atoms with Crippen molar-refractivity contribution in [2.45, 2.75) is 40.2 Å². The number of benzene rings is 2. The fourth-order valence-electron chi connectivity index (χ4n) is 2.84. The van der Waals surface area contributed by atoms with E-state index >= 15 is 0 Å². The standard InChI is InChI=1S/C20H25BO4/c1-19(2,3)25-18(22)17-8-6-7-14-11-15(9-10-16(14)17)21-23-12-20(4,5)13-24-21/h6-11H,12-13H2,1-5H3. The first-order valence-corrected chi connectivity index (χ1v) is 8.64. The van der Waals surface area contributed by atoms with Crippen LogP contribution in [-0.4, -0.2) is 31.9 Å². The molecule has 1 heterocycles. The Morgan fingerprint density at radius 3 is 2.44 bits per heavy atom. The molecule has 0 aliphatic carbocycles. The van der Waals surface area contributed by atoms with Crippen LogP contribution >= 0.6 is 0 Å². The highest BCUT2D eigenvalue weighted by Gasteiger charge is 2.33. The zero-order chi connectivity index (χ0) is 18.2. The Kier molecular flexibility index (Phi) is 4.65. The zero-order valence-corrected chi connectivity index (χ0v) is 15.6. The first-order valence-electron chi connectivity index (χ1n) is 8.64. The minimum absolute atomic E-state index is 0.0389. The number of rotatable bonds is 2. The summed E-state index contributed by atoms with van der Waals surface area (Å²) < 4.78 is 17.2. The molecule has 0 radical (unpaired) electrons. The van der Waals surface area contributed by atoms with Crippen molar-refractivity contribution < 1.29 is 18.8 Å². The van der Waals surface area contributed by atoms with Gasteiger partial charge in [-0.05, 0) is 43.1 Å². The average molecular weight is 340 g/mol. The minimum Gasteiger partial charge on any atom is -0.456 e. The van der Waals surface area contributed by atoms with Crippen LogP contribution in [0.1, 0.15) is 45.0 Å². The van der Waals surface area contributed by atoms with Crippen molar-refractivity contribution in [3.05, 3.63) is 42.0 Å². The van der Waals surface area contributed by atoms with Crippen molar-refractivity contribution in [3.63, 3.8) is 0 Å². The second-order valence-corrected chi connectivity index (χ2v) is 8.41. The molecule has 0 spiro atoms. The molecular weight excluding hydrogens is 315 g/mol. The fourth-order valence-corrected chi connectivity index (χ4v) is 2.84. The van der Waals surface area contributed by atoms with Crippen LogP contribution in [0.4, 0.5) is 0 Å². The smallest absolute Gasteiger partial charge is 0.456 e. The number of fused-ring (bicyclic) bond motifs is 1. The molecule has 2 aromatic rings. The van der Waals surface area contributed by atoms with Gasteiger partial charge in [0.05, 0.1) is 5.56 Å². The molecule has 132 valence electrons. The van der Waals surface area contributed by atoms with E-state index in [9.17, 15) is 4.79 Å². The summed E-state index contributed by atoms with van der Waals surface area (Å²) in [6.45, 7) is 11.2. The number of esters is 1. The Morgan fingerprint density at radius 1 is 1.12 bits per heavy atom. The maximum atomic E-state index is 12.5. The summed E-state index contributed by atoms with van der Waals surface area (Å²) in [6.07, 6.45) is 0. The quantitative estimate of drug-likeness (QED) is 0.619. The van der Waals surface area contributed by atoms with Gasteiger partial charge < -0.3 is 14.0 Å². The van der Waals surface area contributed by atoms with E-state index in [1.807, 2.05) is 51.1 Å². The number of hydrogen-bond donors (Lipinski definition) is 0. The molecule has 0 saturated carbocycles. The molecule has 0 bridgehead atoms. The van der Waals surface area contributed by atoms with Crippen molar-refractivity contribution >= 4 is 29.3 Å². The Bertz CT molecular complexity index is 782. The van der Waals surface area contributed by atoms with Gasteiger partial charge in [-0.15, -0.1) is 0 Å². The Labute approximate surface area is 149 Å². The molecule has 1 aliphatic rings. The van der Waals surface area contributed by atoms with Crippen LogP contribution in [0.25, 0.3) is 10.8 Å². The lowest BCUT2D eigenvalue weighted by Gasteiger charge is -2.33. The van der Waals surface area contributed by atoms with Crippen molar-refractivity contribution in [2.75, 3.05) is 13.2 Å². The lowest BCUT2D eigenvalue weighted by molar-refractivity contribution is 0.00718. The summed E-state index contributed by atoms with van der Waals surface area (Å²) in [5.41, 5.74) is 1.06. The largest absolute Gasteiger partial charge is 0.493 e. The molecule has 1 aliphatic heterocycles. The first kappa shape index (κ1) is 18.0. The van der Waals surface area contributed by atoms with E-state index in [2.05, 4.69) is 13.8 Å². The number of hydrogen-bond acceptors (Lipinski definition) is 4. The van der Waals surface area contributed by atoms with Gasteiger partial charge in [-0.1, -0.05) is 44.2 Å². The molecule has 2 aromatic carbocycles. The number of carbonyl (C=O) groups excluding carboxylic acids is 1. The van der Waals surface area contributed by atoms with Gasteiger partial charge in [0.25, 0.3) is 0 Å². The van der Waals surface area contributed by atoms with Crippen molar-refractivity contribution in [1.82, 2.24) is 0 Å². The van der Waals surface area contributed by atoms with Crippen LogP contribution in [0.15, 0.2) is 36.4 Å². The van der Waals surface area contributed by atoms with E-state index in [1.165, 1.54) is 0 Å². The van der Waals surface area contributed by atoms with Crippen LogP contribution in [0.5, 0.6) is 0 Å². The molecule has 3 rings (SSSR count). The van der Waals surface area contributed by atoms with Crippen LogP contribution in [0.3, 0.4) is 0 Å². The highest BCUT2D eigenvalue weighted by Crippen LogP contribution is 2.24. The van der Waals surface area contributed by atoms with Crippen molar-refractivity contribution in [1.29, 1.82) is 0 Å². The summed E-state index contributed by atoms with van der Waals surface area (Å²) in [5.74, 6) is -0.308. The molecule has 0 N–H and O–H groups in total. The minimum atomic E-state index is -0.518. The Morgan fingerprint density at radius 2 is 1.80 bits per heavy atom. The van der Waals surface area contributed by atoms with Gasteiger partial charge >= 0.3 is 13.1 Å². The summed E-state index contributed by atoms with van der Waals surface area (Å²) in [4.78, 5) is 12.5. The Balaban J connectivity index is 1.88. The summed E-state index contributed by atoms with van der Waals surface area (Å²) in [6, 6.07) is 11.6. The molecule has 0 amide bonds. The third-order valence-corrected chi connectivity index (χ3v) is 4.05. The molecule has 1 fully saturated rings. The SMILES string of the molecule is CC1(C)COB(c2ccc3c(C(=O)OC(C)(C)C)cccc3c2)OC1. The summed E-state index contributed by atoms with van der Waals surface area (Å²) >= 11 is 0. The van der Waals surface area contributed by atoms with Gasteiger partial charge in [-0.2, -0.15) is 0 Å². The van der Waals surface area contributed by atoms with Gasteiger partial charge in [-0.3, -0.25) is 0 Å².